The van der Waals surface area contributed by atoms with Crippen LogP contribution in [0.4, 0.5) is 10.1 Å². The van der Waals surface area contributed by atoms with Gasteiger partial charge in [0, 0.05) is 24.0 Å². The van der Waals surface area contributed by atoms with Gasteiger partial charge >= 0.3 is 0 Å². The lowest BCUT2D eigenvalue weighted by Crippen LogP contribution is -2.15. The number of hydrogen-bond donors (Lipinski definition) is 1. The van der Waals surface area contributed by atoms with Gasteiger partial charge in [-0.25, -0.2) is 9.37 Å². The summed E-state index contributed by atoms with van der Waals surface area (Å²) in [5, 5.41) is 3.97. The zero-order valence-electron chi connectivity index (χ0n) is 13.2. The van der Waals surface area contributed by atoms with Crippen molar-refractivity contribution in [1.29, 1.82) is 0 Å². The lowest BCUT2D eigenvalue weighted by Gasteiger charge is -2.08. The fraction of sp³-hybridized carbons (Fsp3) is 0.111. The highest BCUT2D eigenvalue weighted by Crippen LogP contribution is 2.19. The average Bonchev–Trinajstić information content (AvgIpc) is 3.04. The number of amides is 1. The van der Waals surface area contributed by atoms with Crippen LogP contribution < -0.4 is 5.32 Å². The highest BCUT2D eigenvalue weighted by atomic mass is 35.5. The lowest BCUT2D eigenvalue weighted by atomic mass is 10.2. The van der Waals surface area contributed by atoms with E-state index in [1.807, 2.05) is 35.0 Å². The van der Waals surface area contributed by atoms with E-state index in [0.717, 1.165) is 10.7 Å². The van der Waals surface area contributed by atoms with Gasteiger partial charge in [0.2, 0.25) is 5.91 Å². The third-order valence-corrected chi connectivity index (χ3v) is 4.68. The average molecular weight is 376 g/mol. The minimum absolute atomic E-state index is 0.145. The van der Waals surface area contributed by atoms with Crippen LogP contribution in [0.3, 0.4) is 0 Å². The van der Waals surface area contributed by atoms with E-state index in [9.17, 15) is 9.18 Å². The molecule has 3 rings (SSSR count). The van der Waals surface area contributed by atoms with Crippen molar-refractivity contribution in [1.82, 2.24) is 9.55 Å². The summed E-state index contributed by atoms with van der Waals surface area (Å²) in [6.07, 6.45) is 3.54. The van der Waals surface area contributed by atoms with Crippen molar-refractivity contribution in [3.8, 4) is 0 Å². The molecule has 0 aliphatic carbocycles. The third-order valence-electron chi connectivity index (χ3n) is 3.42. The third kappa shape index (κ3) is 4.84. The van der Waals surface area contributed by atoms with Gasteiger partial charge in [0.25, 0.3) is 0 Å². The molecule has 1 aromatic heterocycles. The van der Waals surface area contributed by atoms with Crippen LogP contribution in [0, 0.1) is 5.82 Å². The number of nitrogens with one attached hydrogen (secondary N) is 1. The van der Waals surface area contributed by atoms with Crippen LogP contribution >= 0.6 is 23.4 Å². The number of aromatic nitrogens is 2. The molecule has 0 aliphatic heterocycles. The monoisotopic (exact) mass is 375 g/mol. The van der Waals surface area contributed by atoms with Crippen LogP contribution in [0.1, 0.15) is 5.56 Å². The molecule has 1 amide bonds. The van der Waals surface area contributed by atoms with Crippen molar-refractivity contribution in [3.05, 3.63) is 77.3 Å². The van der Waals surface area contributed by atoms with Crippen molar-refractivity contribution in [2.45, 2.75) is 11.7 Å². The molecule has 7 heteroatoms. The summed E-state index contributed by atoms with van der Waals surface area (Å²) in [7, 11) is 0. The van der Waals surface area contributed by atoms with E-state index in [-0.39, 0.29) is 17.3 Å². The summed E-state index contributed by atoms with van der Waals surface area (Å²) >= 11 is 7.19. The number of nitrogens with zero attached hydrogens (tertiary/aromatic N) is 2. The number of halogens is 2. The molecule has 0 fully saturated rings. The molecule has 4 nitrogen and oxygen atoms in total. The van der Waals surface area contributed by atoms with Crippen molar-refractivity contribution < 1.29 is 9.18 Å². The van der Waals surface area contributed by atoms with Crippen LogP contribution in [0.2, 0.25) is 5.02 Å². The fourth-order valence-corrected chi connectivity index (χ4v) is 3.11. The Morgan fingerprint density at radius 2 is 1.96 bits per heavy atom. The van der Waals surface area contributed by atoms with Gasteiger partial charge in [-0.3, -0.25) is 4.79 Å². The number of para-hydroxylation sites is 1. The second-order valence-corrected chi connectivity index (χ2v) is 6.66. The molecule has 1 heterocycles. The second-order valence-electron chi connectivity index (χ2n) is 5.28. The molecule has 25 heavy (non-hydrogen) atoms. The first-order chi connectivity index (χ1) is 12.1. The van der Waals surface area contributed by atoms with Gasteiger partial charge in [-0.05, 0) is 29.8 Å². The Labute approximate surface area is 154 Å². The molecule has 2 aromatic carbocycles. The molecule has 1 N–H and O–H groups in total. The predicted molar refractivity (Wildman–Crippen MR) is 98.5 cm³/mol. The van der Waals surface area contributed by atoms with Crippen molar-refractivity contribution in [2.75, 3.05) is 11.1 Å². The number of carbonyl (C=O) groups is 1. The van der Waals surface area contributed by atoms with Gasteiger partial charge in [0.1, 0.15) is 5.82 Å². The first-order valence-electron chi connectivity index (χ1n) is 7.54. The van der Waals surface area contributed by atoms with Gasteiger partial charge < -0.3 is 9.88 Å². The van der Waals surface area contributed by atoms with Crippen molar-refractivity contribution >= 4 is 35.0 Å². The number of imidazole rings is 1. The van der Waals surface area contributed by atoms with Gasteiger partial charge in [0.05, 0.1) is 11.4 Å². The largest absolute Gasteiger partial charge is 0.323 e. The minimum atomic E-state index is -0.454. The van der Waals surface area contributed by atoms with Gasteiger partial charge in [-0.2, -0.15) is 0 Å². The van der Waals surface area contributed by atoms with E-state index in [1.54, 1.807) is 18.3 Å². The van der Waals surface area contributed by atoms with Gasteiger partial charge in [-0.1, -0.05) is 47.6 Å². The molecule has 0 atom stereocenters. The number of anilines is 1. The summed E-state index contributed by atoms with van der Waals surface area (Å²) in [4.78, 5) is 16.3. The lowest BCUT2D eigenvalue weighted by molar-refractivity contribution is -0.113. The molecule has 0 aliphatic rings. The zero-order valence-corrected chi connectivity index (χ0v) is 14.7. The summed E-state index contributed by atoms with van der Waals surface area (Å²) in [6, 6.07) is 13.6. The molecule has 0 saturated heterocycles. The summed E-state index contributed by atoms with van der Waals surface area (Å²) < 4.78 is 15.5. The number of benzene rings is 2. The summed E-state index contributed by atoms with van der Waals surface area (Å²) in [5.74, 6) is -0.590. The van der Waals surface area contributed by atoms with Crippen molar-refractivity contribution in [3.63, 3.8) is 0 Å². The quantitative estimate of drug-likeness (QED) is 0.647. The van der Waals surface area contributed by atoms with Gasteiger partial charge in [-0.15, -0.1) is 0 Å². The summed E-state index contributed by atoms with van der Waals surface area (Å²) in [5.41, 5.74) is 1.26. The van der Waals surface area contributed by atoms with E-state index in [4.69, 9.17) is 11.6 Å². The standard InChI is InChI=1S/C18H15ClFN3OS/c19-14-7-5-13(6-8-14)11-23-10-9-21-18(23)25-12-17(24)22-16-4-2-1-3-15(16)20/h1-10H,11-12H2,(H,22,24). The van der Waals surface area contributed by atoms with Crippen LogP contribution in [0.25, 0.3) is 0 Å². The van der Waals surface area contributed by atoms with Crippen LogP contribution in [-0.2, 0) is 11.3 Å². The Bertz CT molecular complexity index is 867. The highest BCUT2D eigenvalue weighted by Gasteiger charge is 2.10. The molecular weight excluding hydrogens is 361 g/mol. The highest BCUT2D eigenvalue weighted by molar-refractivity contribution is 7.99. The predicted octanol–water partition coefficient (Wildman–Crippen LogP) is 4.45. The van der Waals surface area contributed by atoms with Crippen LogP contribution in [-0.4, -0.2) is 21.2 Å². The Kier molecular flexibility index (Phi) is 5.73. The first kappa shape index (κ1) is 17.5. The molecule has 0 saturated carbocycles. The minimum Gasteiger partial charge on any atom is -0.323 e. The maximum atomic E-state index is 13.6. The maximum absolute atomic E-state index is 13.6. The van der Waals surface area contributed by atoms with E-state index in [2.05, 4.69) is 10.3 Å². The van der Waals surface area contributed by atoms with E-state index in [1.165, 1.54) is 23.9 Å². The molecule has 0 radical (unpaired) electrons. The molecular formula is C18H15ClFN3OS. The Morgan fingerprint density at radius 3 is 2.72 bits per heavy atom. The van der Waals surface area contributed by atoms with Crippen molar-refractivity contribution in [2.24, 2.45) is 0 Å². The van der Waals surface area contributed by atoms with Crippen LogP contribution in [0.15, 0.2) is 66.1 Å². The molecule has 0 bridgehead atoms. The zero-order chi connectivity index (χ0) is 17.6. The van der Waals surface area contributed by atoms with E-state index < -0.39 is 5.82 Å². The fourth-order valence-electron chi connectivity index (χ4n) is 2.22. The number of carbonyl (C=O) groups excluding carboxylic acids is 1. The first-order valence-corrected chi connectivity index (χ1v) is 8.91. The SMILES string of the molecule is O=C(CSc1nccn1Cc1ccc(Cl)cc1)Nc1ccccc1F. The topological polar surface area (TPSA) is 46.9 Å². The molecule has 0 spiro atoms. The Balaban J connectivity index is 1.59. The Hall–Kier alpha value is -2.31. The van der Waals surface area contributed by atoms with E-state index in [0.29, 0.717) is 11.6 Å². The summed E-state index contributed by atoms with van der Waals surface area (Å²) in [6.45, 7) is 0.633. The van der Waals surface area contributed by atoms with E-state index >= 15 is 0 Å². The smallest absolute Gasteiger partial charge is 0.234 e. The molecule has 0 unspecified atom stereocenters. The maximum Gasteiger partial charge on any atom is 0.234 e. The second kappa shape index (κ2) is 8.18. The number of hydrogen-bond acceptors (Lipinski definition) is 3. The van der Waals surface area contributed by atoms with Gasteiger partial charge in [0.15, 0.2) is 5.16 Å². The molecule has 128 valence electrons. The molecule has 3 aromatic rings. The Morgan fingerprint density at radius 1 is 1.20 bits per heavy atom. The number of thioether (sulfide) groups is 1. The number of rotatable bonds is 6. The van der Waals surface area contributed by atoms with Crippen LogP contribution in [0.5, 0.6) is 0 Å². The normalized spacial score (nSPS) is 10.6.